The van der Waals surface area contributed by atoms with Crippen LogP contribution in [-0.2, 0) is 10.4 Å². The maximum atomic E-state index is 11.8. The van der Waals surface area contributed by atoms with E-state index in [0.717, 1.165) is 5.56 Å². The van der Waals surface area contributed by atoms with Crippen LogP contribution in [0.2, 0.25) is 0 Å². The van der Waals surface area contributed by atoms with Gasteiger partial charge in [0.25, 0.3) is 6.57 Å². The molecule has 2 atom stereocenters. The topological polar surface area (TPSA) is 115 Å². The summed E-state index contributed by atoms with van der Waals surface area (Å²) in [6.07, 6.45) is 1.79. The van der Waals surface area contributed by atoms with Crippen molar-refractivity contribution in [2.45, 2.75) is 25.1 Å². The number of nitrogens with one attached hydrogen (secondary N) is 1. The zero-order chi connectivity index (χ0) is 22.7. The third-order valence-electron chi connectivity index (χ3n) is 5.41. The normalized spacial score (nSPS) is 17.2. The SMILES string of the molecule is C#[N+][C@@](C)(Nc1c(C#N)cnc2cc(OC3CCOC3)c([N+](=O)[O-])cc12)c1ccccc1. The number of rotatable bonds is 6. The van der Waals surface area contributed by atoms with Crippen molar-refractivity contribution in [3.63, 3.8) is 0 Å². The Bertz CT molecular complexity index is 1260. The highest BCUT2D eigenvalue weighted by atomic mass is 16.6. The van der Waals surface area contributed by atoms with Crippen LogP contribution >= 0.6 is 0 Å². The first-order valence-electron chi connectivity index (χ1n) is 9.96. The summed E-state index contributed by atoms with van der Waals surface area (Å²) in [5.74, 6) is 0.107. The Morgan fingerprint density at radius 3 is 2.81 bits per heavy atom. The van der Waals surface area contributed by atoms with Gasteiger partial charge in [-0.3, -0.25) is 15.1 Å². The number of hydrogen-bond acceptors (Lipinski definition) is 7. The lowest BCUT2D eigenvalue weighted by molar-refractivity contribution is -0.385. The van der Waals surface area contributed by atoms with E-state index in [9.17, 15) is 15.4 Å². The first kappa shape index (κ1) is 21.0. The number of benzene rings is 2. The Morgan fingerprint density at radius 2 is 2.19 bits per heavy atom. The van der Waals surface area contributed by atoms with Crippen molar-refractivity contribution in [2.24, 2.45) is 0 Å². The molecule has 0 saturated carbocycles. The van der Waals surface area contributed by atoms with Crippen molar-refractivity contribution in [3.05, 3.63) is 74.7 Å². The molecule has 0 bridgehead atoms. The summed E-state index contributed by atoms with van der Waals surface area (Å²) in [6.45, 7) is 8.41. The first-order chi connectivity index (χ1) is 15.4. The number of nitrogens with zero attached hydrogens (tertiary/aromatic N) is 4. The molecule has 0 aliphatic carbocycles. The third-order valence-corrected chi connectivity index (χ3v) is 5.41. The summed E-state index contributed by atoms with van der Waals surface area (Å²) in [4.78, 5) is 19.6. The predicted octanol–water partition coefficient (Wildman–Crippen LogP) is 4.43. The van der Waals surface area contributed by atoms with Gasteiger partial charge in [0.1, 0.15) is 12.2 Å². The van der Waals surface area contributed by atoms with Crippen LogP contribution in [0.1, 0.15) is 24.5 Å². The van der Waals surface area contributed by atoms with E-state index < -0.39 is 10.6 Å². The van der Waals surface area contributed by atoms with E-state index in [4.69, 9.17) is 16.0 Å². The minimum Gasteiger partial charge on any atom is -0.481 e. The van der Waals surface area contributed by atoms with Gasteiger partial charge in [-0.2, -0.15) is 5.26 Å². The molecule has 0 amide bonds. The Kier molecular flexibility index (Phi) is 5.59. The van der Waals surface area contributed by atoms with Gasteiger partial charge in [0.15, 0.2) is 5.75 Å². The highest BCUT2D eigenvalue weighted by Crippen LogP contribution is 2.39. The van der Waals surface area contributed by atoms with Crippen molar-refractivity contribution < 1.29 is 14.4 Å². The number of hydrogen-bond donors (Lipinski definition) is 1. The fraction of sp³-hybridized carbons (Fsp3) is 0.261. The molecule has 1 aliphatic rings. The van der Waals surface area contributed by atoms with E-state index in [2.05, 4.69) is 21.2 Å². The van der Waals surface area contributed by atoms with E-state index in [1.165, 1.54) is 18.3 Å². The highest BCUT2D eigenvalue weighted by Gasteiger charge is 2.38. The van der Waals surface area contributed by atoms with E-state index in [1.54, 1.807) is 6.92 Å². The molecule has 1 aliphatic heterocycles. The molecule has 1 fully saturated rings. The molecular weight excluding hydrogens is 410 g/mol. The van der Waals surface area contributed by atoms with Gasteiger partial charge in [-0.25, -0.2) is 0 Å². The molecule has 2 aromatic carbocycles. The second-order valence-corrected chi connectivity index (χ2v) is 7.55. The zero-order valence-electron chi connectivity index (χ0n) is 17.3. The van der Waals surface area contributed by atoms with Gasteiger partial charge >= 0.3 is 11.4 Å². The van der Waals surface area contributed by atoms with Gasteiger partial charge in [0.05, 0.1) is 40.5 Å². The van der Waals surface area contributed by atoms with Crippen molar-refractivity contribution in [1.82, 2.24) is 4.98 Å². The molecule has 32 heavy (non-hydrogen) atoms. The Balaban J connectivity index is 1.86. The van der Waals surface area contributed by atoms with Crippen molar-refractivity contribution in [3.8, 4) is 18.4 Å². The fourth-order valence-corrected chi connectivity index (χ4v) is 3.64. The molecule has 2 heterocycles. The fourth-order valence-electron chi connectivity index (χ4n) is 3.64. The van der Waals surface area contributed by atoms with Crippen molar-refractivity contribution in [2.75, 3.05) is 18.5 Å². The standard InChI is InChI=1S/C23H20N5O4/c1-23(25-2,16-6-4-3-5-7-16)27-22-15(12-24)13-26-19-11-21(32-17-8-9-31-14-17)20(28(29)30)10-18(19)22/h2-7,10-11,13,17H,8-9,14H2,1H3,(H,26,27)/q+1/t17?,23-/m0/s1. The molecule has 1 unspecified atom stereocenters. The minimum atomic E-state index is -1.09. The largest absolute Gasteiger partial charge is 0.481 e. The number of pyridine rings is 1. The Hall–Kier alpha value is -4.21. The smallest absolute Gasteiger partial charge is 0.376 e. The van der Waals surface area contributed by atoms with Crippen LogP contribution in [0.25, 0.3) is 15.7 Å². The van der Waals surface area contributed by atoms with Crippen molar-refractivity contribution in [1.29, 1.82) is 5.26 Å². The van der Waals surface area contributed by atoms with Gasteiger partial charge in [0.2, 0.25) is 0 Å². The van der Waals surface area contributed by atoms with Crippen LogP contribution < -0.4 is 10.1 Å². The van der Waals surface area contributed by atoms with E-state index in [-0.39, 0.29) is 23.1 Å². The lowest BCUT2D eigenvalue weighted by atomic mass is 10.00. The minimum absolute atomic E-state index is 0.107. The number of fused-ring (bicyclic) bond motifs is 1. The van der Waals surface area contributed by atoms with Crippen LogP contribution in [0, 0.1) is 28.0 Å². The second-order valence-electron chi connectivity index (χ2n) is 7.55. The number of ether oxygens (including phenoxy) is 2. The summed E-state index contributed by atoms with van der Waals surface area (Å²) in [5, 5.41) is 25.1. The number of aromatic nitrogens is 1. The quantitative estimate of drug-likeness (QED) is 0.454. The van der Waals surface area contributed by atoms with Crippen LogP contribution in [0.5, 0.6) is 5.75 Å². The average Bonchev–Trinajstić information content (AvgIpc) is 3.32. The van der Waals surface area contributed by atoms with Gasteiger partial charge in [-0.15, -0.1) is 0 Å². The average molecular weight is 430 g/mol. The molecule has 0 spiro atoms. The number of nitro groups is 1. The molecule has 9 nitrogen and oxygen atoms in total. The van der Waals surface area contributed by atoms with Crippen molar-refractivity contribution >= 4 is 22.3 Å². The molecule has 3 aromatic rings. The second kappa shape index (κ2) is 8.50. The predicted molar refractivity (Wildman–Crippen MR) is 119 cm³/mol. The monoisotopic (exact) mass is 430 g/mol. The lowest BCUT2D eigenvalue weighted by Crippen LogP contribution is -2.28. The summed E-state index contributed by atoms with van der Waals surface area (Å²) in [7, 11) is 0. The van der Waals surface area contributed by atoms with Crippen LogP contribution in [0.4, 0.5) is 11.4 Å². The summed E-state index contributed by atoms with van der Waals surface area (Å²) >= 11 is 0. The molecule has 1 aromatic heterocycles. The summed E-state index contributed by atoms with van der Waals surface area (Å²) < 4.78 is 11.1. The Labute approximate surface area is 184 Å². The van der Waals surface area contributed by atoms with Gasteiger partial charge < -0.3 is 14.8 Å². The van der Waals surface area contributed by atoms with Crippen LogP contribution in [0.3, 0.4) is 0 Å². The third kappa shape index (κ3) is 3.89. The number of nitriles is 1. The molecule has 1 saturated heterocycles. The lowest BCUT2D eigenvalue weighted by Gasteiger charge is -2.19. The maximum Gasteiger partial charge on any atom is 0.376 e. The summed E-state index contributed by atoms with van der Waals surface area (Å²) in [6, 6.07) is 14.2. The Morgan fingerprint density at radius 1 is 1.41 bits per heavy atom. The number of nitro benzene ring substituents is 1. The van der Waals surface area contributed by atoms with Crippen LogP contribution in [-0.4, -0.2) is 29.2 Å². The summed E-state index contributed by atoms with van der Waals surface area (Å²) in [5.41, 5.74) is 0.417. The van der Waals surface area contributed by atoms with E-state index >= 15 is 0 Å². The molecule has 4 rings (SSSR count). The maximum absolute atomic E-state index is 11.8. The number of anilines is 1. The molecule has 160 valence electrons. The van der Waals surface area contributed by atoms with Gasteiger partial charge in [0, 0.05) is 37.1 Å². The highest BCUT2D eigenvalue weighted by molar-refractivity contribution is 5.97. The van der Waals surface area contributed by atoms with Gasteiger partial charge in [-0.05, 0) is 12.1 Å². The molecule has 0 radical (unpaired) electrons. The van der Waals surface area contributed by atoms with E-state index in [1.807, 2.05) is 30.3 Å². The van der Waals surface area contributed by atoms with Gasteiger partial charge in [-0.1, -0.05) is 23.0 Å². The van der Waals surface area contributed by atoms with E-state index in [0.29, 0.717) is 36.2 Å². The molecule has 9 heteroatoms. The molecular formula is C23H20N5O4+. The van der Waals surface area contributed by atoms with Crippen LogP contribution in [0.15, 0.2) is 48.7 Å². The molecule has 1 N–H and O–H groups in total. The zero-order valence-corrected chi connectivity index (χ0v) is 17.3. The first-order valence-corrected chi connectivity index (χ1v) is 9.96.